The molecule has 0 saturated carbocycles. The first-order valence-corrected chi connectivity index (χ1v) is 8.21. The molecule has 0 aliphatic carbocycles. The number of ether oxygens (including phenoxy) is 2. The van der Waals surface area contributed by atoms with Crippen LogP contribution in [0, 0.1) is 0 Å². The van der Waals surface area contributed by atoms with Crippen molar-refractivity contribution in [2.24, 2.45) is 0 Å². The molecule has 0 saturated heterocycles. The third-order valence-electron chi connectivity index (χ3n) is 4.43. The van der Waals surface area contributed by atoms with E-state index in [-0.39, 0.29) is 10.8 Å². The average molecular weight is 330 g/mol. The predicted molar refractivity (Wildman–Crippen MR) is 103 cm³/mol. The quantitative estimate of drug-likeness (QED) is 0.788. The van der Waals surface area contributed by atoms with Crippen molar-refractivity contribution in [3.8, 4) is 11.5 Å². The molecule has 0 aliphatic rings. The van der Waals surface area contributed by atoms with Crippen LogP contribution in [0.15, 0.2) is 12.1 Å². The Morgan fingerprint density at radius 1 is 0.708 bits per heavy atom. The average Bonchev–Trinajstić information content (AvgIpc) is 2.44. The summed E-state index contributed by atoms with van der Waals surface area (Å²) in [6.07, 6.45) is 0. The van der Waals surface area contributed by atoms with Crippen molar-refractivity contribution in [1.82, 2.24) is 0 Å². The fourth-order valence-electron chi connectivity index (χ4n) is 3.16. The van der Waals surface area contributed by atoms with Crippen LogP contribution in [0.2, 0.25) is 0 Å². The van der Waals surface area contributed by atoms with Crippen molar-refractivity contribution in [3.05, 3.63) is 23.3 Å². The van der Waals surface area contributed by atoms with Crippen molar-refractivity contribution < 1.29 is 9.47 Å². The fourth-order valence-corrected chi connectivity index (χ4v) is 3.16. The molecule has 4 nitrogen and oxygen atoms in total. The number of nitrogens with two attached hydrogens (primary N) is 2. The van der Waals surface area contributed by atoms with Crippen LogP contribution < -0.4 is 20.9 Å². The lowest BCUT2D eigenvalue weighted by molar-refractivity contribution is 0.399. The third-order valence-corrected chi connectivity index (χ3v) is 4.43. The molecule has 0 aliphatic heterocycles. The standard InChI is InChI=1S/C20H30N2O2/c1-19(2,3)12-9-11-10-13(20(4,5)6)18(24-8)16(22)14(11)15(21)17(12)23-7/h9-10H,21-22H2,1-8H3. The van der Waals surface area contributed by atoms with E-state index >= 15 is 0 Å². The second-order valence-corrected chi connectivity index (χ2v) is 8.34. The zero-order chi connectivity index (χ0) is 18.4. The van der Waals surface area contributed by atoms with Gasteiger partial charge in [-0.2, -0.15) is 0 Å². The van der Waals surface area contributed by atoms with E-state index in [4.69, 9.17) is 20.9 Å². The molecular formula is C20H30N2O2. The summed E-state index contributed by atoms with van der Waals surface area (Å²) in [5, 5.41) is 1.81. The molecule has 2 rings (SSSR count). The van der Waals surface area contributed by atoms with Gasteiger partial charge in [-0.3, -0.25) is 0 Å². The van der Waals surface area contributed by atoms with Crippen LogP contribution in [0.5, 0.6) is 11.5 Å². The van der Waals surface area contributed by atoms with Crippen molar-refractivity contribution in [1.29, 1.82) is 0 Å². The van der Waals surface area contributed by atoms with Gasteiger partial charge < -0.3 is 20.9 Å². The van der Waals surface area contributed by atoms with Crippen LogP contribution in [-0.4, -0.2) is 14.2 Å². The van der Waals surface area contributed by atoms with Gasteiger partial charge in [-0.15, -0.1) is 0 Å². The van der Waals surface area contributed by atoms with Crippen molar-refractivity contribution in [2.75, 3.05) is 25.7 Å². The lowest BCUT2D eigenvalue weighted by Gasteiger charge is -2.28. The van der Waals surface area contributed by atoms with Crippen molar-refractivity contribution in [3.63, 3.8) is 0 Å². The minimum Gasteiger partial charge on any atom is -0.494 e. The molecule has 2 aromatic carbocycles. The Labute approximate surface area is 145 Å². The molecule has 4 heteroatoms. The third kappa shape index (κ3) is 2.85. The smallest absolute Gasteiger partial charge is 0.146 e. The highest BCUT2D eigenvalue weighted by molar-refractivity contribution is 6.07. The van der Waals surface area contributed by atoms with Crippen LogP contribution in [0.1, 0.15) is 52.7 Å². The zero-order valence-corrected chi connectivity index (χ0v) is 16.1. The first-order valence-electron chi connectivity index (χ1n) is 8.21. The Bertz CT molecular complexity index is 719. The number of rotatable bonds is 2. The van der Waals surface area contributed by atoms with Crippen LogP contribution in [0.25, 0.3) is 10.8 Å². The minimum atomic E-state index is -0.0930. The highest BCUT2D eigenvalue weighted by Gasteiger charge is 2.27. The second kappa shape index (κ2) is 5.76. The molecule has 4 N–H and O–H groups in total. The number of hydrogen-bond acceptors (Lipinski definition) is 4. The monoisotopic (exact) mass is 330 g/mol. The van der Waals surface area contributed by atoms with Gasteiger partial charge in [-0.05, 0) is 28.3 Å². The minimum absolute atomic E-state index is 0.0930. The number of methoxy groups -OCH3 is 2. The molecule has 0 heterocycles. The summed E-state index contributed by atoms with van der Waals surface area (Å²) in [4.78, 5) is 0. The molecule has 0 atom stereocenters. The van der Waals surface area contributed by atoms with Gasteiger partial charge in [-0.25, -0.2) is 0 Å². The van der Waals surface area contributed by atoms with Crippen molar-refractivity contribution >= 4 is 22.1 Å². The maximum atomic E-state index is 6.45. The molecule has 24 heavy (non-hydrogen) atoms. The molecular weight excluding hydrogens is 300 g/mol. The van der Waals surface area contributed by atoms with E-state index in [0.717, 1.165) is 21.9 Å². The topological polar surface area (TPSA) is 70.5 Å². The summed E-state index contributed by atoms with van der Waals surface area (Å²) in [7, 11) is 3.29. The molecule has 0 aromatic heterocycles. The highest BCUT2D eigenvalue weighted by atomic mass is 16.5. The number of hydrogen-bond donors (Lipinski definition) is 2. The summed E-state index contributed by atoms with van der Waals surface area (Å²) < 4.78 is 11.2. The van der Waals surface area contributed by atoms with Gasteiger partial charge >= 0.3 is 0 Å². The Hall–Kier alpha value is -2.10. The number of fused-ring (bicyclic) bond motifs is 1. The SMILES string of the molecule is COc1c(C(C)(C)C)cc2cc(C(C)(C)C)c(OC)c(N)c2c1N. The predicted octanol–water partition coefficient (Wildman–Crippen LogP) is 4.62. The van der Waals surface area contributed by atoms with E-state index in [9.17, 15) is 0 Å². The molecule has 0 radical (unpaired) electrons. The van der Waals surface area contributed by atoms with Crippen LogP contribution in [0.4, 0.5) is 11.4 Å². The normalized spacial score (nSPS) is 12.5. The first-order chi connectivity index (χ1) is 10.9. The molecule has 0 amide bonds. The van der Waals surface area contributed by atoms with E-state index in [0.29, 0.717) is 22.9 Å². The Morgan fingerprint density at radius 2 is 1.04 bits per heavy atom. The Kier molecular flexibility index (Phi) is 4.38. The summed E-state index contributed by atoms with van der Waals surface area (Å²) in [6.45, 7) is 12.9. The zero-order valence-electron chi connectivity index (χ0n) is 16.1. The number of nitrogen functional groups attached to an aromatic ring is 2. The van der Waals surface area contributed by atoms with E-state index in [1.807, 2.05) is 0 Å². The highest BCUT2D eigenvalue weighted by Crippen LogP contribution is 2.47. The van der Waals surface area contributed by atoms with Gasteiger partial charge in [0.1, 0.15) is 11.5 Å². The summed E-state index contributed by atoms with van der Waals surface area (Å²) in [6, 6.07) is 4.27. The molecule has 2 aromatic rings. The maximum absolute atomic E-state index is 6.45. The van der Waals surface area contributed by atoms with Gasteiger partial charge in [0, 0.05) is 16.5 Å². The van der Waals surface area contributed by atoms with Crippen LogP contribution >= 0.6 is 0 Å². The summed E-state index contributed by atoms with van der Waals surface area (Å²) >= 11 is 0. The summed E-state index contributed by atoms with van der Waals surface area (Å²) in [5.74, 6) is 1.37. The van der Waals surface area contributed by atoms with Gasteiger partial charge in [0.05, 0.1) is 25.6 Å². The summed E-state index contributed by atoms with van der Waals surface area (Å²) in [5.41, 5.74) is 16.0. The van der Waals surface area contributed by atoms with E-state index in [1.54, 1.807) is 14.2 Å². The van der Waals surface area contributed by atoms with E-state index in [1.165, 1.54) is 0 Å². The largest absolute Gasteiger partial charge is 0.494 e. The van der Waals surface area contributed by atoms with E-state index in [2.05, 4.69) is 53.7 Å². The first kappa shape index (κ1) is 18.2. The lowest BCUT2D eigenvalue weighted by Crippen LogP contribution is -2.16. The molecule has 0 spiro atoms. The molecule has 0 unspecified atom stereocenters. The Balaban J connectivity index is 3.02. The van der Waals surface area contributed by atoms with Gasteiger partial charge in [-0.1, -0.05) is 41.5 Å². The number of anilines is 2. The van der Waals surface area contributed by atoms with Crippen molar-refractivity contribution in [2.45, 2.75) is 52.4 Å². The molecule has 0 fully saturated rings. The van der Waals surface area contributed by atoms with Gasteiger partial charge in [0.25, 0.3) is 0 Å². The van der Waals surface area contributed by atoms with Gasteiger partial charge in [0.2, 0.25) is 0 Å². The van der Waals surface area contributed by atoms with Gasteiger partial charge in [0.15, 0.2) is 0 Å². The van der Waals surface area contributed by atoms with E-state index < -0.39 is 0 Å². The maximum Gasteiger partial charge on any atom is 0.146 e. The van der Waals surface area contributed by atoms with Crippen LogP contribution in [0.3, 0.4) is 0 Å². The fraction of sp³-hybridized carbons (Fsp3) is 0.500. The van der Waals surface area contributed by atoms with Crippen LogP contribution in [-0.2, 0) is 10.8 Å². The molecule has 132 valence electrons. The lowest BCUT2D eigenvalue weighted by atomic mass is 9.81. The Morgan fingerprint density at radius 3 is 1.29 bits per heavy atom. The molecule has 0 bridgehead atoms. The second-order valence-electron chi connectivity index (χ2n) is 8.34. The number of benzene rings is 2.